The van der Waals surface area contributed by atoms with Gasteiger partial charge in [-0.1, -0.05) is 5.16 Å². The van der Waals surface area contributed by atoms with E-state index in [1.165, 1.54) is 12.1 Å². The third-order valence-corrected chi connectivity index (χ3v) is 4.24. The molecule has 1 aromatic heterocycles. The summed E-state index contributed by atoms with van der Waals surface area (Å²) in [4.78, 5) is 0. The molecule has 0 aliphatic heterocycles. The van der Waals surface area contributed by atoms with Gasteiger partial charge in [-0.3, -0.25) is 9.51 Å². The number of halogens is 2. The van der Waals surface area contributed by atoms with Crippen LogP contribution in [0.4, 0.5) is 15.9 Å². The molecule has 0 saturated heterocycles. The molecule has 0 aliphatic carbocycles. The number of hydrogen-bond donors (Lipinski definition) is 2. The monoisotopic (exact) mass is 395 g/mol. The maximum Gasteiger partial charge on any atom is 0.299 e. The highest BCUT2D eigenvalue weighted by Gasteiger charge is 2.20. The Bertz CT molecular complexity index is 742. The minimum atomic E-state index is -4.12. The summed E-state index contributed by atoms with van der Waals surface area (Å²) in [6.45, 7) is -0.375. The van der Waals surface area contributed by atoms with Crippen molar-refractivity contribution in [2.24, 2.45) is 5.14 Å². The van der Waals surface area contributed by atoms with Crippen LogP contribution < -0.4 is 14.5 Å². The first-order valence-electron chi connectivity index (χ1n) is 5.78. The van der Waals surface area contributed by atoms with Crippen molar-refractivity contribution in [3.05, 3.63) is 34.7 Å². The zero-order valence-corrected chi connectivity index (χ0v) is 13.3. The Morgan fingerprint density at radius 2 is 2.14 bits per heavy atom. The number of hydroxylamine groups is 1. The maximum atomic E-state index is 13.2. The van der Waals surface area contributed by atoms with Gasteiger partial charge in [-0.15, -0.1) is 0 Å². The molecular formula is C10H11BrFN5O4S. The summed E-state index contributed by atoms with van der Waals surface area (Å²) < 4.78 is 41.8. The van der Waals surface area contributed by atoms with Crippen LogP contribution in [0.3, 0.4) is 0 Å². The first-order valence-corrected chi connectivity index (χ1v) is 8.08. The summed E-state index contributed by atoms with van der Waals surface area (Å²) in [5, 5.41) is 22.2. The fourth-order valence-corrected chi connectivity index (χ4v) is 2.73. The summed E-state index contributed by atoms with van der Waals surface area (Å²) in [5.41, 5.74) is 0.141. The molecule has 0 aliphatic rings. The van der Waals surface area contributed by atoms with Crippen LogP contribution in [0.2, 0.25) is 0 Å². The molecule has 2 rings (SSSR count). The quantitative estimate of drug-likeness (QED) is 0.694. The molecule has 0 fully saturated rings. The van der Waals surface area contributed by atoms with Gasteiger partial charge >= 0.3 is 0 Å². The predicted octanol–water partition coefficient (Wildman–Crippen LogP) is 0.877. The molecule has 12 heteroatoms. The van der Waals surface area contributed by atoms with Gasteiger partial charge in [-0.05, 0) is 39.3 Å². The van der Waals surface area contributed by atoms with Crippen LogP contribution in [0.25, 0.3) is 0 Å². The van der Waals surface area contributed by atoms with Gasteiger partial charge in [0.05, 0.1) is 23.2 Å². The molecule has 0 unspecified atom stereocenters. The van der Waals surface area contributed by atoms with E-state index < -0.39 is 16.0 Å². The van der Waals surface area contributed by atoms with E-state index in [2.05, 4.69) is 30.9 Å². The Morgan fingerprint density at radius 3 is 2.68 bits per heavy atom. The number of aromatic nitrogens is 2. The number of anilines is 2. The molecule has 0 saturated carbocycles. The summed E-state index contributed by atoms with van der Waals surface area (Å²) >= 11 is 2.96. The van der Waals surface area contributed by atoms with E-state index >= 15 is 0 Å². The first-order chi connectivity index (χ1) is 10.3. The molecule has 1 heterocycles. The number of nitrogens with zero attached hydrogens (tertiary/aromatic N) is 4. The molecule has 0 spiro atoms. The lowest BCUT2D eigenvalue weighted by Crippen LogP contribution is -2.41. The van der Waals surface area contributed by atoms with E-state index in [1.807, 2.05) is 0 Å². The van der Waals surface area contributed by atoms with Gasteiger partial charge in [0.2, 0.25) is 5.82 Å². The zero-order chi connectivity index (χ0) is 16.3. The molecular weight excluding hydrogens is 385 g/mol. The van der Waals surface area contributed by atoms with Crippen LogP contribution in [-0.2, 0) is 10.2 Å². The van der Waals surface area contributed by atoms with Crippen molar-refractivity contribution < 1.29 is 22.6 Å². The lowest BCUT2D eigenvalue weighted by molar-refractivity contribution is 0.242. The number of benzene rings is 1. The van der Waals surface area contributed by atoms with Gasteiger partial charge in [0, 0.05) is 0 Å². The van der Waals surface area contributed by atoms with Crippen molar-refractivity contribution in [2.75, 3.05) is 22.5 Å². The first kappa shape index (κ1) is 16.6. The van der Waals surface area contributed by atoms with Crippen LogP contribution in [0.15, 0.2) is 33.5 Å². The topological polar surface area (TPSA) is 126 Å². The molecule has 2 aromatic rings. The second kappa shape index (κ2) is 6.56. The highest BCUT2D eigenvalue weighted by atomic mass is 79.9. The molecule has 0 amide bonds. The van der Waals surface area contributed by atoms with E-state index in [4.69, 9.17) is 5.14 Å². The number of hydrogen-bond acceptors (Lipinski definition) is 7. The van der Waals surface area contributed by atoms with Crippen LogP contribution in [-0.4, -0.2) is 37.0 Å². The second-order valence-corrected chi connectivity index (χ2v) is 6.43. The predicted molar refractivity (Wildman–Crippen MR) is 78.0 cm³/mol. The fourth-order valence-electron chi connectivity index (χ4n) is 1.62. The lowest BCUT2D eigenvalue weighted by Gasteiger charge is -2.24. The van der Waals surface area contributed by atoms with E-state index in [9.17, 15) is 18.0 Å². The lowest BCUT2D eigenvalue weighted by atomic mass is 10.3. The maximum absolute atomic E-state index is 13.2. The highest BCUT2D eigenvalue weighted by molar-refractivity contribution is 9.10. The summed E-state index contributed by atoms with van der Waals surface area (Å²) in [7, 11) is -4.12. The molecule has 0 radical (unpaired) electrons. The largest absolute Gasteiger partial charge is 0.299 e. The van der Waals surface area contributed by atoms with Gasteiger partial charge in [-0.25, -0.2) is 19.2 Å². The van der Waals surface area contributed by atoms with Crippen LogP contribution >= 0.6 is 15.9 Å². The SMILES string of the molecule is NS(=O)(=O)N(CCN(O)c1cnon1)c1ccc(F)c(Br)c1. The van der Waals surface area contributed by atoms with Crippen molar-refractivity contribution in [2.45, 2.75) is 0 Å². The summed E-state index contributed by atoms with van der Waals surface area (Å²) in [6, 6.07) is 3.61. The molecule has 22 heavy (non-hydrogen) atoms. The van der Waals surface area contributed by atoms with E-state index in [0.29, 0.717) is 5.06 Å². The Hall–Kier alpha value is -1.76. The van der Waals surface area contributed by atoms with Gasteiger partial charge in [0.25, 0.3) is 10.2 Å². The minimum Gasteiger partial charge on any atom is -0.287 e. The number of rotatable bonds is 6. The normalized spacial score (nSPS) is 11.5. The van der Waals surface area contributed by atoms with Crippen molar-refractivity contribution in [1.82, 2.24) is 10.3 Å². The fraction of sp³-hybridized carbons (Fsp3) is 0.200. The van der Waals surface area contributed by atoms with Crippen LogP contribution in [0.5, 0.6) is 0 Å². The van der Waals surface area contributed by atoms with Gasteiger partial charge < -0.3 is 0 Å². The van der Waals surface area contributed by atoms with Gasteiger partial charge in [-0.2, -0.15) is 8.42 Å². The van der Waals surface area contributed by atoms with Crippen molar-refractivity contribution >= 4 is 37.6 Å². The summed E-state index contributed by atoms with van der Waals surface area (Å²) in [5.74, 6) is -0.537. The van der Waals surface area contributed by atoms with E-state index in [-0.39, 0.29) is 29.1 Å². The van der Waals surface area contributed by atoms with E-state index in [0.717, 1.165) is 16.6 Å². The van der Waals surface area contributed by atoms with Crippen LogP contribution in [0, 0.1) is 5.82 Å². The van der Waals surface area contributed by atoms with Gasteiger partial charge in [0.15, 0.2) is 0 Å². The smallest absolute Gasteiger partial charge is 0.287 e. The molecule has 9 nitrogen and oxygen atoms in total. The average molecular weight is 396 g/mol. The molecule has 3 N–H and O–H groups in total. The average Bonchev–Trinajstić information content (AvgIpc) is 2.95. The summed E-state index contributed by atoms with van der Waals surface area (Å²) in [6.07, 6.45) is 1.15. The Morgan fingerprint density at radius 1 is 1.41 bits per heavy atom. The Labute approximate surface area is 133 Å². The van der Waals surface area contributed by atoms with Crippen LogP contribution in [0.1, 0.15) is 0 Å². The minimum absolute atomic E-state index is 0.00894. The van der Waals surface area contributed by atoms with Crippen molar-refractivity contribution in [3.63, 3.8) is 0 Å². The zero-order valence-electron chi connectivity index (χ0n) is 10.9. The Balaban J connectivity index is 2.19. The standard InChI is InChI=1S/C10H11BrFN5O4S/c11-8-5-7(1-2-9(8)12)17(22(13,19)20)4-3-16(18)10-6-14-21-15-10/h1-2,5-6,18H,3-4H2,(H2,13,19,20). The molecule has 0 atom stereocenters. The van der Waals surface area contributed by atoms with Gasteiger partial charge in [0.1, 0.15) is 12.0 Å². The molecule has 1 aromatic carbocycles. The number of nitrogens with two attached hydrogens (primary N) is 1. The third-order valence-electron chi connectivity index (χ3n) is 2.63. The van der Waals surface area contributed by atoms with Crippen molar-refractivity contribution in [1.29, 1.82) is 0 Å². The molecule has 0 bridgehead atoms. The van der Waals surface area contributed by atoms with Crippen molar-refractivity contribution in [3.8, 4) is 0 Å². The Kier molecular flexibility index (Phi) is 4.95. The third kappa shape index (κ3) is 3.91. The highest BCUT2D eigenvalue weighted by Crippen LogP contribution is 2.24. The molecule has 120 valence electrons. The van der Waals surface area contributed by atoms with E-state index in [1.54, 1.807) is 0 Å². The second-order valence-electron chi connectivity index (χ2n) is 4.10.